The number of nitrogens with zero attached hydrogens (tertiary/aromatic N) is 2. The monoisotopic (exact) mass is 305 g/mol. The largest absolute Gasteiger partial charge is 0.477 e. The third kappa shape index (κ3) is 4.05. The molecule has 22 heavy (non-hydrogen) atoms. The maximum absolute atomic E-state index is 11.9. The molecule has 0 spiro atoms. The van der Waals surface area contributed by atoms with Gasteiger partial charge in [0.1, 0.15) is 11.3 Å². The van der Waals surface area contributed by atoms with E-state index < -0.39 is 18.5 Å². The van der Waals surface area contributed by atoms with E-state index in [1.54, 1.807) is 26.0 Å². The first-order chi connectivity index (χ1) is 10.6. The Labute approximate surface area is 126 Å². The topological polar surface area (TPSA) is 104 Å². The molecule has 1 amide bonds. The lowest BCUT2D eigenvalue weighted by Gasteiger charge is -2.08. The van der Waals surface area contributed by atoms with Crippen molar-refractivity contribution in [2.45, 2.75) is 13.8 Å². The highest BCUT2D eigenvalue weighted by molar-refractivity contribution is 5.96. The highest BCUT2D eigenvalue weighted by Crippen LogP contribution is 2.15. The summed E-state index contributed by atoms with van der Waals surface area (Å²) in [6, 6.07) is 4.64. The van der Waals surface area contributed by atoms with Crippen molar-refractivity contribution in [3.05, 3.63) is 35.7 Å². The van der Waals surface area contributed by atoms with Gasteiger partial charge >= 0.3 is 5.97 Å². The van der Waals surface area contributed by atoms with Crippen LogP contribution in [0, 0.1) is 6.92 Å². The van der Waals surface area contributed by atoms with E-state index in [0.717, 1.165) is 0 Å². The molecule has 0 atom stereocenters. The molecular formula is C14H15N3O5. The van der Waals surface area contributed by atoms with E-state index in [1.807, 2.05) is 0 Å². The first-order valence-electron chi connectivity index (χ1n) is 6.58. The molecular weight excluding hydrogens is 290 g/mol. The number of hydrogen-bond donors (Lipinski definition) is 1. The summed E-state index contributed by atoms with van der Waals surface area (Å²) in [6.45, 7) is 3.38. The number of carbonyl (C=O) groups is 2. The first-order valence-corrected chi connectivity index (χ1v) is 6.58. The minimum absolute atomic E-state index is 0.162. The Morgan fingerprint density at radius 3 is 2.91 bits per heavy atom. The van der Waals surface area contributed by atoms with E-state index >= 15 is 0 Å². The second-order valence-electron chi connectivity index (χ2n) is 4.24. The molecule has 0 unspecified atom stereocenters. The number of esters is 1. The molecule has 2 heterocycles. The van der Waals surface area contributed by atoms with Crippen LogP contribution in [0.3, 0.4) is 0 Å². The summed E-state index contributed by atoms with van der Waals surface area (Å²) in [6.07, 6.45) is 1.50. The molecule has 8 nitrogen and oxygen atoms in total. The van der Waals surface area contributed by atoms with Crippen LogP contribution in [-0.4, -0.2) is 35.2 Å². The van der Waals surface area contributed by atoms with Crippen molar-refractivity contribution in [1.29, 1.82) is 0 Å². The Bertz CT molecular complexity index is 668. The number of anilines is 1. The molecule has 0 saturated carbocycles. The van der Waals surface area contributed by atoms with Gasteiger partial charge in [-0.25, -0.2) is 9.78 Å². The molecule has 2 aromatic heterocycles. The van der Waals surface area contributed by atoms with Crippen LogP contribution in [0.15, 0.2) is 28.9 Å². The van der Waals surface area contributed by atoms with Gasteiger partial charge in [-0.05, 0) is 26.0 Å². The van der Waals surface area contributed by atoms with E-state index in [2.05, 4.69) is 15.5 Å². The van der Waals surface area contributed by atoms with Gasteiger partial charge in [-0.3, -0.25) is 4.79 Å². The van der Waals surface area contributed by atoms with E-state index in [1.165, 1.54) is 12.3 Å². The average Bonchev–Trinajstić information content (AvgIpc) is 2.91. The SMILES string of the molecule is CCOc1ncccc1C(=O)OCC(=O)Nc1cc(C)on1. The van der Waals surface area contributed by atoms with Crippen LogP contribution in [-0.2, 0) is 9.53 Å². The smallest absolute Gasteiger partial charge is 0.344 e. The molecule has 1 N–H and O–H groups in total. The summed E-state index contributed by atoms with van der Waals surface area (Å²) in [4.78, 5) is 27.5. The van der Waals surface area contributed by atoms with Gasteiger partial charge in [0.15, 0.2) is 12.4 Å². The van der Waals surface area contributed by atoms with Gasteiger partial charge in [-0.15, -0.1) is 0 Å². The Balaban J connectivity index is 1.91. The highest BCUT2D eigenvalue weighted by atomic mass is 16.5. The van der Waals surface area contributed by atoms with Gasteiger partial charge in [0.05, 0.1) is 6.61 Å². The average molecular weight is 305 g/mol. The molecule has 0 aliphatic heterocycles. The molecule has 0 aliphatic rings. The van der Waals surface area contributed by atoms with Gasteiger partial charge in [0.2, 0.25) is 5.88 Å². The third-order valence-electron chi connectivity index (χ3n) is 2.50. The van der Waals surface area contributed by atoms with Gasteiger partial charge in [-0.1, -0.05) is 5.16 Å². The normalized spacial score (nSPS) is 10.1. The summed E-state index contributed by atoms with van der Waals surface area (Å²) in [5.41, 5.74) is 0.162. The van der Waals surface area contributed by atoms with E-state index in [-0.39, 0.29) is 17.3 Å². The van der Waals surface area contributed by atoms with E-state index in [0.29, 0.717) is 12.4 Å². The number of pyridine rings is 1. The summed E-state index contributed by atoms with van der Waals surface area (Å²) in [5, 5.41) is 6.04. The van der Waals surface area contributed by atoms with Gasteiger partial charge in [0, 0.05) is 12.3 Å². The van der Waals surface area contributed by atoms with E-state index in [9.17, 15) is 9.59 Å². The number of ether oxygens (including phenoxy) is 2. The van der Waals surface area contributed by atoms with Crippen LogP contribution in [0.4, 0.5) is 5.82 Å². The second kappa shape index (κ2) is 7.21. The minimum Gasteiger partial charge on any atom is -0.477 e. The lowest BCUT2D eigenvalue weighted by Crippen LogP contribution is -2.21. The van der Waals surface area contributed by atoms with Crippen LogP contribution in [0.5, 0.6) is 5.88 Å². The van der Waals surface area contributed by atoms with E-state index in [4.69, 9.17) is 14.0 Å². The van der Waals surface area contributed by atoms with Crippen molar-refractivity contribution in [3.63, 3.8) is 0 Å². The molecule has 0 bridgehead atoms. The molecule has 0 fully saturated rings. The fourth-order valence-corrected chi connectivity index (χ4v) is 1.61. The van der Waals surface area contributed by atoms with Crippen molar-refractivity contribution in [3.8, 4) is 5.88 Å². The predicted octanol–water partition coefficient (Wildman–Crippen LogP) is 1.57. The number of amides is 1. The molecule has 2 rings (SSSR count). The second-order valence-corrected chi connectivity index (χ2v) is 4.24. The number of carbonyl (C=O) groups excluding carboxylic acids is 2. The standard InChI is InChI=1S/C14H15N3O5/c1-3-20-13-10(5-4-6-15-13)14(19)21-8-12(18)16-11-7-9(2)22-17-11/h4-7H,3,8H2,1-2H3,(H,16,17,18). The van der Waals surface area contributed by atoms with Gasteiger partial charge in [0.25, 0.3) is 5.91 Å². The Kier molecular flexibility index (Phi) is 5.07. The van der Waals surface area contributed by atoms with Crippen molar-refractivity contribution < 1.29 is 23.6 Å². The van der Waals surface area contributed by atoms with Crippen LogP contribution in [0.2, 0.25) is 0 Å². The number of rotatable bonds is 6. The summed E-state index contributed by atoms with van der Waals surface area (Å²) in [7, 11) is 0. The maximum atomic E-state index is 11.9. The highest BCUT2D eigenvalue weighted by Gasteiger charge is 2.16. The van der Waals surface area contributed by atoms with Crippen LogP contribution in [0.25, 0.3) is 0 Å². The van der Waals surface area contributed by atoms with Crippen molar-refractivity contribution in [2.75, 3.05) is 18.5 Å². The summed E-state index contributed by atoms with van der Waals surface area (Å²) < 4.78 is 15.0. The van der Waals surface area contributed by atoms with Gasteiger partial charge in [-0.2, -0.15) is 0 Å². The molecule has 0 aliphatic carbocycles. The molecule has 0 saturated heterocycles. The molecule has 116 valence electrons. The third-order valence-corrected chi connectivity index (χ3v) is 2.50. The summed E-state index contributed by atoms with van der Waals surface area (Å²) in [5.74, 6) is -0.229. The number of hydrogen-bond acceptors (Lipinski definition) is 7. The van der Waals surface area contributed by atoms with Crippen LogP contribution < -0.4 is 10.1 Å². The Hall–Kier alpha value is -2.90. The zero-order chi connectivity index (χ0) is 15.9. The number of aromatic nitrogens is 2. The fraction of sp³-hybridized carbons (Fsp3) is 0.286. The molecule has 0 radical (unpaired) electrons. The lowest BCUT2D eigenvalue weighted by atomic mass is 10.3. The van der Waals surface area contributed by atoms with Crippen LogP contribution in [0.1, 0.15) is 23.0 Å². The van der Waals surface area contributed by atoms with Crippen molar-refractivity contribution in [2.24, 2.45) is 0 Å². The number of nitrogens with one attached hydrogen (secondary N) is 1. The van der Waals surface area contributed by atoms with Crippen LogP contribution >= 0.6 is 0 Å². The van der Waals surface area contributed by atoms with Crippen molar-refractivity contribution >= 4 is 17.7 Å². The molecule has 0 aromatic carbocycles. The van der Waals surface area contributed by atoms with Crippen molar-refractivity contribution in [1.82, 2.24) is 10.1 Å². The lowest BCUT2D eigenvalue weighted by molar-refractivity contribution is -0.119. The minimum atomic E-state index is -0.692. The zero-order valence-electron chi connectivity index (χ0n) is 12.2. The Morgan fingerprint density at radius 1 is 1.41 bits per heavy atom. The Morgan fingerprint density at radius 2 is 2.23 bits per heavy atom. The fourth-order valence-electron chi connectivity index (χ4n) is 1.61. The first kappa shape index (κ1) is 15.5. The summed E-state index contributed by atoms with van der Waals surface area (Å²) >= 11 is 0. The molecule has 2 aromatic rings. The maximum Gasteiger partial charge on any atom is 0.344 e. The molecule has 8 heteroatoms. The zero-order valence-corrected chi connectivity index (χ0v) is 12.2. The number of aryl methyl sites for hydroxylation is 1. The quantitative estimate of drug-likeness (QED) is 0.808. The van der Waals surface area contributed by atoms with Gasteiger partial charge < -0.3 is 19.3 Å². The predicted molar refractivity (Wildman–Crippen MR) is 75.6 cm³/mol.